The van der Waals surface area contributed by atoms with Crippen molar-refractivity contribution in [2.75, 3.05) is 19.3 Å². The fourth-order valence-electron chi connectivity index (χ4n) is 3.67. The SMILES string of the molecule is Cc1cncc(C(=O)N2CCC3(CC(NS(C)(=O)=O)C3)C2)c1. The van der Waals surface area contributed by atoms with Crippen molar-refractivity contribution in [2.24, 2.45) is 5.41 Å². The molecule has 2 aliphatic rings. The van der Waals surface area contributed by atoms with Crippen molar-refractivity contribution in [2.45, 2.75) is 32.2 Å². The average Bonchev–Trinajstić information content (AvgIpc) is 2.81. The van der Waals surface area contributed by atoms with Crippen LogP contribution >= 0.6 is 0 Å². The van der Waals surface area contributed by atoms with Crippen LogP contribution in [-0.2, 0) is 10.0 Å². The monoisotopic (exact) mass is 323 g/mol. The number of nitrogens with zero attached hydrogens (tertiary/aromatic N) is 2. The molecular weight excluding hydrogens is 302 g/mol. The average molecular weight is 323 g/mol. The fourth-order valence-corrected chi connectivity index (χ4v) is 4.44. The number of carbonyl (C=O) groups excluding carboxylic acids is 1. The largest absolute Gasteiger partial charge is 0.338 e. The molecule has 1 N–H and O–H groups in total. The highest BCUT2D eigenvalue weighted by Gasteiger charge is 2.50. The molecule has 0 unspecified atom stereocenters. The second-order valence-electron chi connectivity index (χ2n) is 6.72. The number of likely N-dealkylation sites (tertiary alicyclic amines) is 1. The highest BCUT2D eigenvalue weighted by Crippen LogP contribution is 2.48. The summed E-state index contributed by atoms with van der Waals surface area (Å²) in [6.45, 7) is 3.36. The lowest BCUT2D eigenvalue weighted by molar-refractivity contribution is 0.0688. The van der Waals surface area contributed by atoms with Gasteiger partial charge in [-0.3, -0.25) is 9.78 Å². The van der Waals surface area contributed by atoms with Crippen molar-refractivity contribution in [1.29, 1.82) is 0 Å². The summed E-state index contributed by atoms with van der Waals surface area (Å²) in [5, 5.41) is 0. The molecule has 2 fully saturated rings. The van der Waals surface area contributed by atoms with Crippen molar-refractivity contribution < 1.29 is 13.2 Å². The minimum Gasteiger partial charge on any atom is -0.338 e. The van der Waals surface area contributed by atoms with E-state index >= 15 is 0 Å². The molecular formula is C15H21N3O3S. The number of nitrogens with one attached hydrogen (secondary N) is 1. The molecule has 7 heteroatoms. The summed E-state index contributed by atoms with van der Waals surface area (Å²) in [5.74, 6) is 0.0209. The minimum absolute atomic E-state index is 0.0192. The van der Waals surface area contributed by atoms with E-state index in [1.54, 1.807) is 12.4 Å². The molecule has 1 aliphatic carbocycles. The van der Waals surface area contributed by atoms with Gasteiger partial charge in [0.25, 0.3) is 5.91 Å². The molecule has 0 atom stereocenters. The van der Waals surface area contributed by atoms with E-state index in [-0.39, 0.29) is 17.4 Å². The van der Waals surface area contributed by atoms with Crippen molar-refractivity contribution in [3.8, 4) is 0 Å². The molecule has 0 bridgehead atoms. The van der Waals surface area contributed by atoms with E-state index in [0.29, 0.717) is 12.1 Å². The predicted molar refractivity (Wildman–Crippen MR) is 82.9 cm³/mol. The smallest absolute Gasteiger partial charge is 0.255 e. The van der Waals surface area contributed by atoms with Crippen LogP contribution in [0.25, 0.3) is 0 Å². The number of carbonyl (C=O) groups is 1. The first-order chi connectivity index (χ1) is 10.3. The zero-order valence-electron chi connectivity index (χ0n) is 12.9. The molecule has 3 rings (SSSR count). The number of sulfonamides is 1. The molecule has 1 saturated carbocycles. The number of aromatic nitrogens is 1. The van der Waals surface area contributed by atoms with Gasteiger partial charge in [0, 0.05) is 31.5 Å². The quantitative estimate of drug-likeness (QED) is 0.897. The number of aryl methyl sites for hydroxylation is 1. The van der Waals surface area contributed by atoms with Gasteiger partial charge >= 0.3 is 0 Å². The van der Waals surface area contributed by atoms with E-state index in [1.807, 2.05) is 17.9 Å². The summed E-state index contributed by atoms with van der Waals surface area (Å²) >= 11 is 0. The van der Waals surface area contributed by atoms with Gasteiger partial charge in [0.1, 0.15) is 0 Å². The van der Waals surface area contributed by atoms with Crippen LogP contribution in [0.15, 0.2) is 18.5 Å². The number of hydrogen-bond acceptors (Lipinski definition) is 4. The standard InChI is InChI=1S/C15H21N3O3S/c1-11-5-12(9-16-8-11)14(19)18-4-3-15(10-18)6-13(7-15)17-22(2,20)21/h5,8-9,13,17H,3-4,6-7,10H2,1-2H3. The van der Waals surface area contributed by atoms with Crippen LogP contribution in [0.3, 0.4) is 0 Å². The summed E-state index contributed by atoms with van der Waals surface area (Å²) in [6, 6.07) is 1.88. The van der Waals surface area contributed by atoms with Crippen molar-refractivity contribution in [1.82, 2.24) is 14.6 Å². The molecule has 1 spiro atoms. The summed E-state index contributed by atoms with van der Waals surface area (Å²) in [5.41, 5.74) is 1.69. The first-order valence-corrected chi connectivity index (χ1v) is 9.34. The zero-order chi connectivity index (χ0) is 16.0. The van der Waals surface area contributed by atoms with Gasteiger partial charge in [0.15, 0.2) is 0 Å². The topological polar surface area (TPSA) is 79.4 Å². The van der Waals surface area contributed by atoms with Crippen molar-refractivity contribution in [3.63, 3.8) is 0 Å². The minimum atomic E-state index is -3.15. The van der Waals surface area contributed by atoms with Gasteiger partial charge in [0.2, 0.25) is 10.0 Å². The second kappa shape index (κ2) is 5.31. The first-order valence-electron chi connectivity index (χ1n) is 7.45. The number of rotatable bonds is 3. The van der Waals surface area contributed by atoms with Crippen LogP contribution in [-0.4, -0.2) is 49.6 Å². The first kappa shape index (κ1) is 15.4. The van der Waals surface area contributed by atoms with Crippen LogP contribution in [0.4, 0.5) is 0 Å². The van der Waals surface area contributed by atoms with E-state index < -0.39 is 10.0 Å². The number of amides is 1. The third-order valence-corrected chi connectivity index (χ3v) is 5.35. The number of hydrogen-bond donors (Lipinski definition) is 1. The van der Waals surface area contributed by atoms with E-state index in [0.717, 1.165) is 31.4 Å². The normalized spacial score (nSPS) is 27.9. The van der Waals surface area contributed by atoms with E-state index in [4.69, 9.17) is 0 Å². The van der Waals surface area contributed by atoms with Crippen molar-refractivity contribution in [3.05, 3.63) is 29.6 Å². The molecule has 1 aromatic rings. The Morgan fingerprint density at radius 1 is 1.41 bits per heavy atom. The summed E-state index contributed by atoms with van der Waals surface area (Å²) in [7, 11) is -3.15. The Labute approximate surface area is 131 Å². The van der Waals surface area contributed by atoms with Crippen molar-refractivity contribution >= 4 is 15.9 Å². The van der Waals surface area contributed by atoms with Crippen LogP contribution in [0.2, 0.25) is 0 Å². The van der Waals surface area contributed by atoms with Crippen LogP contribution in [0.1, 0.15) is 35.2 Å². The Hall–Kier alpha value is -1.47. The van der Waals surface area contributed by atoms with Gasteiger partial charge in [-0.15, -0.1) is 0 Å². The summed E-state index contributed by atoms with van der Waals surface area (Å²) < 4.78 is 25.1. The Kier molecular flexibility index (Phi) is 3.72. The predicted octanol–water partition coefficient (Wildman–Crippen LogP) is 0.934. The fraction of sp³-hybridized carbons (Fsp3) is 0.600. The maximum absolute atomic E-state index is 12.5. The molecule has 1 aromatic heterocycles. The molecule has 1 amide bonds. The van der Waals surface area contributed by atoms with Gasteiger partial charge in [-0.25, -0.2) is 13.1 Å². The third-order valence-electron chi connectivity index (χ3n) is 4.59. The highest BCUT2D eigenvalue weighted by molar-refractivity contribution is 7.88. The molecule has 120 valence electrons. The lowest BCUT2D eigenvalue weighted by Gasteiger charge is -2.45. The van der Waals surface area contributed by atoms with Gasteiger partial charge in [-0.2, -0.15) is 0 Å². The van der Waals surface area contributed by atoms with Crippen LogP contribution < -0.4 is 4.72 Å². The summed E-state index contributed by atoms with van der Waals surface area (Å²) in [6.07, 6.45) is 7.10. The molecule has 22 heavy (non-hydrogen) atoms. The molecule has 1 saturated heterocycles. The van der Waals surface area contributed by atoms with Gasteiger partial charge in [0.05, 0.1) is 11.8 Å². The van der Waals surface area contributed by atoms with E-state index in [1.165, 1.54) is 6.26 Å². The number of pyridine rings is 1. The lowest BCUT2D eigenvalue weighted by atomic mass is 9.65. The van der Waals surface area contributed by atoms with Crippen LogP contribution in [0.5, 0.6) is 0 Å². The Bertz CT molecular complexity index is 696. The second-order valence-corrected chi connectivity index (χ2v) is 8.50. The Balaban J connectivity index is 1.61. The van der Waals surface area contributed by atoms with Crippen LogP contribution in [0, 0.1) is 12.3 Å². The Morgan fingerprint density at radius 3 is 2.77 bits per heavy atom. The maximum atomic E-state index is 12.5. The van der Waals surface area contributed by atoms with E-state index in [9.17, 15) is 13.2 Å². The van der Waals surface area contributed by atoms with Gasteiger partial charge in [-0.05, 0) is 43.2 Å². The molecule has 0 aromatic carbocycles. The Morgan fingerprint density at radius 2 is 2.14 bits per heavy atom. The van der Waals surface area contributed by atoms with Gasteiger partial charge < -0.3 is 4.90 Å². The van der Waals surface area contributed by atoms with Gasteiger partial charge in [-0.1, -0.05) is 0 Å². The molecule has 0 radical (unpaired) electrons. The summed E-state index contributed by atoms with van der Waals surface area (Å²) in [4.78, 5) is 18.5. The maximum Gasteiger partial charge on any atom is 0.255 e. The molecule has 6 nitrogen and oxygen atoms in total. The zero-order valence-corrected chi connectivity index (χ0v) is 13.7. The van der Waals surface area contributed by atoms with E-state index in [2.05, 4.69) is 9.71 Å². The molecule has 1 aliphatic heterocycles. The lowest BCUT2D eigenvalue weighted by Crippen LogP contribution is -2.51. The third kappa shape index (κ3) is 3.15. The highest BCUT2D eigenvalue weighted by atomic mass is 32.2. The molecule has 2 heterocycles.